The molecule has 0 aliphatic rings. The second kappa shape index (κ2) is 10.3. The van der Waals surface area contributed by atoms with Crippen LogP contribution in [0, 0.1) is 13.8 Å². The fourth-order valence-corrected chi connectivity index (χ4v) is 2.32. The van der Waals surface area contributed by atoms with Crippen molar-refractivity contribution in [2.45, 2.75) is 26.8 Å². The molecule has 2 N–H and O–H groups in total. The van der Waals surface area contributed by atoms with Crippen LogP contribution in [0.3, 0.4) is 0 Å². The summed E-state index contributed by atoms with van der Waals surface area (Å²) in [6, 6.07) is 0. The molecule has 0 radical (unpaired) electrons. The van der Waals surface area contributed by atoms with E-state index in [1.165, 1.54) is 17.0 Å². The molecule has 0 aliphatic carbocycles. The number of nitrogens with one attached hydrogen (secondary N) is 2. The van der Waals surface area contributed by atoms with Gasteiger partial charge in [-0.3, -0.25) is 9.67 Å². The summed E-state index contributed by atoms with van der Waals surface area (Å²) in [4.78, 5) is 4.23. The Morgan fingerprint density at radius 1 is 1.35 bits per heavy atom. The van der Waals surface area contributed by atoms with Crippen LogP contribution >= 0.6 is 35.7 Å². The first-order valence-corrected chi connectivity index (χ1v) is 7.92. The molecule has 0 amide bonds. The summed E-state index contributed by atoms with van der Waals surface area (Å²) in [5.74, 6) is 2.02. The van der Waals surface area contributed by atoms with E-state index in [1.54, 1.807) is 7.05 Å². The van der Waals surface area contributed by atoms with Gasteiger partial charge in [0, 0.05) is 38.4 Å². The first-order chi connectivity index (χ1) is 9.10. The lowest BCUT2D eigenvalue weighted by atomic mass is 10.2. The normalized spacial score (nSPS) is 11.2. The maximum atomic E-state index is 4.41. The van der Waals surface area contributed by atoms with Gasteiger partial charge in [0.25, 0.3) is 0 Å². The number of thioether (sulfide) groups is 1. The van der Waals surface area contributed by atoms with E-state index in [0.29, 0.717) is 0 Å². The molecule has 0 saturated heterocycles. The van der Waals surface area contributed by atoms with Crippen LogP contribution in [0.15, 0.2) is 4.99 Å². The summed E-state index contributed by atoms with van der Waals surface area (Å²) in [7, 11) is 3.77. The molecule has 20 heavy (non-hydrogen) atoms. The largest absolute Gasteiger partial charge is 0.356 e. The Morgan fingerprint density at radius 2 is 2.05 bits per heavy atom. The molecule has 0 atom stereocenters. The number of aromatic nitrogens is 2. The smallest absolute Gasteiger partial charge is 0.191 e. The van der Waals surface area contributed by atoms with E-state index < -0.39 is 0 Å². The zero-order valence-corrected chi connectivity index (χ0v) is 16.1. The molecule has 0 bridgehead atoms. The summed E-state index contributed by atoms with van der Waals surface area (Å²) >= 11 is 1.87. The van der Waals surface area contributed by atoms with Crippen molar-refractivity contribution in [2.24, 2.45) is 12.0 Å². The quantitative estimate of drug-likeness (QED) is 0.326. The molecule has 0 aliphatic heterocycles. The maximum absolute atomic E-state index is 4.41. The number of rotatable bonds is 6. The highest BCUT2D eigenvalue weighted by molar-refractivity contribution is 14.0. The summed E-state index contributed by atoms with van der Waals surface area (Å²) in [6.07, 6.45) is 3.27. The topological polar surface area (TPSA) is 54.2 Å². The van der Waals surface area contributed by atoms with Crippen LogP contribution in [-0.2, 0) is 13.6 Å². The van der Waals surface area contributed by atoms with Crippen molar-refractivity contribution < 1.29 is 0 Å². The molecule has 1 aromatic rings. The molecular formula is C13H26IN5S. The van der Waals surface area contributed by atoms with E-state index in [0.717, 1.165) is 31.2 Å². The standard InChI is InChI=1S/C13H25N5S.HI/c1-10-12(11(2)18(4)17-10)9-16-13(14-3)15-7-6-8-19-5;/h6-9H2,1-5H3,(H2,14,15,16);1H. The van der Waals surface area contributed by atoms with Gasteiger partial charge in [-0.2, -0.15) is 16.9 Å². The second-order valence-electron chi connectivity index (χ2n) is 4.47. The maximum Gasteiger partial charge on any atom is 0.191 e. The molecule has 116 valence electrons. The van der Waals surface area contributed by atoms with Crippen molar-refractivity contribution >= 4 is 41.7 Å². The predicted molar refractivity (Wildman–Crippen MR) is 99.3 cm³/mol. The van der Waals surface area contributed by atoms with E-state index in [-0.39, 0.29) is 24.0 Å². The van der Waals surface area contributed by atoms with Crippen molar-refractivity contribution in [3.63, 3.8) is 0 Å². The van der Waals surface area contributed by atoms with Gasteiger partial charge in [0.15, 0.2) is 5.96 Å². The lowest BCUT2D eigenvalue weighted by molar-refractivity contribution is 0.728. The minimum atomic E-state index is 0. The van der Waals surface area contributed by atoms with Crippen LogP contribution in [0.4, 0.5) is 0 Å². The van der Waals surface area contributed by atoms with Gasteiger partial charge < -0.3 is 10.6 Å². The van der Waals surface area contributed by atoms with E-state index in [4.69, 9.17) is 0 Å². The third kappa shape index (κ3) is 5.90. The van der Waals surface area contributed by atoms with Crippen molar-refractivity contribution in [3.8, 4) is 0 Å². The van der Waals surface area contributed by atoms with Crippen LogP contribution in [0.5, 0.6) is 0 Å². The van der Waals surface area contributed by atoms with Crippen molar-refractivity contribution in [1.29, 1.82) is 0 Å². The third-order valence-corrected chi connectivity index (χ3v) is 3.83. The molecule has 5 nitrogen and oxygen atoms in total. The van der Waals surface area contributed by atoms with E-state index in [2.05, 4.69) is 33.9 Å². The van der Waals surface area contributed by atoms with E-state index >= 15 is 0 Å². The van der Waals surface area contributed by atoms with Gasteiger partial charge in [-0.25, -0.2) is 0 Å². The minimum absolute atomic E-state index is 0. The van der Waals surface area contributed by atoms with Crippen LogP contribution in [0.2, 0.25) is 0 Å². The number of aliphatic imine (C=N–C) groups is 1. The highest BCUT2D eigenvalue weighted by Crippen LogP contribution is 2.10. The van der Waals surface area contributed by atoms with Gasteiger partial charge in [0.05, 0.1) is 5.69 Å². The molecule has 0 unspecified atom stereocenters. The fourth-order valence-electron chi connectivity index (χ4n) is 1.89. The molecular weight excluding hydrogens is 385 g/mol. The van der Waals surface area contributed by atoms with Crippen LogP contribution < -0.4 is 10.6 Å². The zero-order chi connectivity index (χ0) is 14.3. The first-order valence-electron chi connectivity index (χ1n) is 6.52. The Hall–Kier alpha value is -0.440. The van der Waals surface area contributed by atoms with Gasteiger partial charge >= 0.3 is 0 Å². The van der Waals surface area contributed by atoms with Crippen LogP contribution in [-0.4, -0.2) is 41.3 Å². The average Bonchev–Trinajstić information content (AvgIpc) is 2.63. The van der Waals surface area contributed by atoms with Crippen molar-refractivity contribution in [1.82, 2.24) is 20.4 Å². The molecule has 0 fully saturated rings. The number of aryl methyl sites for hydroxylation is 2. The van der Waals surface area contributed by atoms with Gasteiger partial charge in [-0.05, 0) is 32.3 Å². The van der Waals surface area contributed by atoms with Gasteiger partial charge in [-0.15, -0.1) is 24.0 Å². The molecule has 1 aromatic heterocycles. The number of halogens is 1. The van der Waals surface area contributed by atoms with Crippen molar-refractivity contribution in [3.05, 3.63) is 17.0 Å². The lowest BCUT2D eigenvalue weighted by Crippen LogP contribution is -2.37. The van der Waals surface area contributed by atoms with E-state index in [9.17, 15) is 0 Å². The van der Waals surface area contributed by atoms with Crippen LogP contribution in [0.1, 0.15) is 23.4 Å². The Labute approximate surface area is 143 Å². The Bertz CT molecular complexity index is 431. The average molecular weight is 411 g/mol. The highest BCUT2D eigenvalue weighted by atomic mass is 127. The van der Waals surface area contributed by atoms with Gasteiger partial charge in [0.1, 0.15) is 0 Å². The monoisotopic (exact) mass is 411 g/mol. The Kier molecular flexibility index (Phi) is 10.1. The summed E-state index contributed by atoms with van der Waals surface area (Å²) in [5, 5.41) is 11.1. The first kappa shape index (κ1) is 19.6. The minimum Gasteiger partial charge on any atom is -0.356 e. The predicted octanol–water partition coefficient (Wildman–Crippen LogP) is 2.07. The molecule has 1 rings (SSSR count). The van der Waals surface area contributed by atoms with E-state index in [1.807, 2.05) is 30.4 Å². The molecule has 0 spiro atoms. The fraction of sp³-hybridized carbons (Fsp3) is 0.692. The Balaban J connectivity index is 0.00000361. The lowest BCUT2D eigenvalue weighted by Gasteiger charge is -2.11. The Morgan fingerprint density at radius 3 is 2.55 bits per heavy atom. The summed E-state index contributed by atoms with van der Waals surface area (Å²) < 4.78 is 1.92. The van der Waals surface area contributed by atoms with Crippen LogP contribution in [0.25, 0.3) is 0 Å². The molecule has 1 heterocycles. The number of hydrogen-bond donors (Lipinski definition) is 2. The number of hydrogen-bond acceptors (Lipinski definition) is 3. The third-order valence-electron chi connectivity index (χ3n) is 3.13. The zero-order valence-electron chi connectivity index (χ0n) is 13.0. The van der Waals surface area contributed by atoms with Crippen molar-refractivity contribution in [2.75, 3.05) is 25.6 Å². The second-order valence-corrected chi connectivity index (χ2v) is 5.46. The number of nitrogens with zero attached hydrogens (tertiary/aromatic N) is 3. The molecule has 7 heteroatoms. The SMILES string of the molecule is CN=C(NCCCSC)NCc1c(C)nn(C)c1C.I. The van der Waals surface area contributed by atoms with Gasteiger partial charge in [-0.1, -0.05) is 0 Å². The number of guanidine groups is 1. The highest BCUT2D eigenvalue weighted by Gasteiger charge is 2.09. The van der Waals surface area contributed by atoms with Gasteiger partial charge in [0.2, 0.25) is 0 Å². The summed E-state index contributed by atoms with van der Waals surface area (Å²) in [5.41, 5.74) is 3.52. The summed E-state index contributed by atoms with van der Waals surface area (Å²) in [6.45, 7) is 5.84. The molecule has 0 saturated carbocycles. The molecule has 0 aromatic carbocycles.